The molecule has 0 saturated carbocycles. The summed E-state index contributed by atoms with van der Waals surface area (Å²) in [5.74, 6) is 0.230. The van der Waals surface area contributed by atoms with Gasteiger partial charge in [0.25, 0.3) is 5.91 Å². The molecule has 3 aromatic rings. The van der Waals surface area contributed by atoms with Crippen LogP contribution in [-0.2, 0) is 24.4 Å². The van der Waals surface area contributed by atoms with Crippen LogP contribution in [0.4, 0.5) is 4.39 Å². The first-order valence-electron chi connectivity index (χ1n) is 10.5. The molecule has 0 unspecified atom stereocenters. The molecule has 31 heavy (non-hydrogen) atoms. The Hall–Kier alpha value is -3.04. The van der Waals surface area contributed by atoms with E-state index >= 15 is 0 Å². The highest BCUT2D eigenvalue weighted by Crippen LogP contribution is 2.23. The molecule has 0 aliphatic carbocycles. The van der Waals surface area contributed by atoms with Crippen LogP contribution >= 0.6 is 0 Å². The van der Waals surface area contributed by atoms with Crippen molar-refractivity contribution in [2.45, 2.75) is 26.1 Å². The van der Waals surface area contributed by atoms with E-state index in [9.17, 15) is 9.18 Å². The second kappa shape index (κ2) is 8.60. The van der Waals surface area contributed by atoms with Gasteiger partial charge >= 0.3 is 0 Å². The average Bonchev–Trinajstić information content (AvgIpc) is 3.36. The van der Waals surface area contributed by atoms with Gasteiger partial charge in [0.15, 0.2) is 11.5 Å². The summed E-state index contributed by atoms with van der Waals surface area (Å²) in [5.41, 5.74) is 2.67. The molecular weight excluding hydrogens is 401 g/mol. The number of aryl methyl sites for hydroxylation is 1. The van der Waals surface area contributed by atoms with Gasteiger partial charge in [-0.25, -0.2) is 4.39 Å². The third kappa shape index (κ3) is 4.38. The maximum absolute atomic E-state index is 13.6. The lowest BCUT2D eigenvalue weighted by Crippen LogP contribution is -2.35. The first-order chi connectivity index (χ1) is 15.2. The molecule has 162 valence electrons. The molecule has 0 bridgehead atoms. The van der Waals surface area contributed by atoms with Crippen molar-refractivity contribution in [2.75, 3.05) is 32.8 Å². The lowest BCUT2D eigenvalue weighted by atomic mass is 10.1. The van der Waals surface area contributed by atoms with Crippen molar-refractivity contribution < 1.29 is 18.4 Å². The van der Waals surface area contributed by atoms with Gasteiger partial charge in [-0.2, -0.15) is 5.10 Å². The molecular formula is C22H24FN5O3. The topological polar surface area (TPSA) is 76.6 Å². The minimum absolute atomic E-state index is 0.154. The maximum Gasteiger partial charge on any atom is 0.276 e. The number of carbonyl (C=O) groups excluding carboxylic acids is 1. The molecule has 8 nitrogen and oxygen atoms in total. The minimum Gasteiger partial charge on any atom is -0.379 e. The third-order valence-corrected chi connectivity index (χ3v) is 5.68. The Kier molecular flexibility index (Phi) is 5.52. The van der Waals surface area contributed by atoms with E-state index in [1.54, 1.807) is 17.0 Å². The molecule has 1 aromatic carbocycles. The quantitative estimate of drug-likeness (QED) is 0.640. The lowest BCUT2D eigenvalue weighted by molar-refractivity contribution is 0.0305. The molecule has 5 rings (SSSR count). The van der Waals surface area contributed by atoms with Crippen molar-refractivity contribution >= 4 is 5.91 Å². The van der Waals surface area contributed by atoms with Crippen molar-refractivity contribution in [1.29, 1.82) is 0 Å². The molecule has 0 radical (unpaired) electrons. The summed E-state index contributed by atoms with van der Waals surface area (Å²) in [6.45, 7) is 5.46. The zero-order chi connectivity index (χ0) is 21.2. The standard InChI is InChI=1S/C22H24FN5O3/c23-17-4-1-3-16(11-17)20-12-18-14-27(5-2-6-28(18)24-20)22(29)21-13-19(31-25-21)15-26-7-9-30-10-8-26/h1,3-4,11-13H,2,5-10,14-15H2. The molecule has 4 heterocycles. The normalized spacial score (nSPS) is 17.4. The van der Waals surface area contributed by atoms with Crippen LogP contribution < -0.4 is 0 Å². The maximum atomic E-state index is 13.6. The summed E-state index contributed by atoms with van der Waals surface area (Å²) in [6.07, 6.45) is 0.779. The zero-order valence-corrected chi connectivity index (χ0v) is 17.2. The van der Waals surface area contributed by atoms with Crippen LogP contribution in [0.2, 0.25) is 0 Å². The number of ether oxygens (including phenoxy) is 1. The van der Waals surface area contributed by atoms with Crippen molar-refractivity contribution in [1.82, 2.24) is 24.7 Å². The molecule has 1 saturated heterocycles. The number of nitrogens with zero attached hydrogens (tertiary/aromatic N) is 5. The first kappa shape index (κ1) is 19.9. The number of hydrogen-bond acceptors (Lipinski definition) is 6. The van der Waals surface area contributed by atoms with Gasteiger partial charge < -0.3 is 14.2 Å². The number of fused-ring (bicyclic) bond motifs is 1. The second-order valence-corrected chi connectivity index (χ2v) is 7.90. The first-order valence-corrected chi connectivity index (χ1v) is 10.5. The molecule has 0 spiro atoms. The Morgan fingerprint density at radius 3 is 2.81 bits per heavy atom. The monoisotopic (exact) mass is 425 g/mol. The van der Waals surface area contributed by atoms with Crippen LogP contribution in [-0.4, -0.2) is 63.5 Å². The van der Waals surface area contributed by atoms with Gasteiger partial charge in [-0.3, -0.25) is 14.4 Å². The molecule has 9 heteroatoms. The van der Waals surface area contributed by atoms with Gasteiger partial charge in [-0.1, -0.05) is 17.3 Å². The smallest absolute Gasteiger partial charge is 0.276 e. The number of hydrogen-bond donors (Lipinski definition) is 0. The number of carbonyl (C=O) groups is 1. The number of amides is 1. The highest BCUT2D eigenvalue weighted by molar-refractivity contribution is 5.92. The van der Waals surface area contributed by atoms with E-state index in [2.05, 4.69) is 15.2 Å². The third-order valence-electron chi connectivity index (χ3n) is 5.68. The van der Waals surface area contributed by atoms with Gasteiger partial charge in [0.05, 0.1) is 37.7 Å². The van der Waals surface area contributed by atoms with Crippen LogP contribution in [0.1, 0.15) is 28.4 Å². The highest BCUT2D eigenvalue weighted by atomic mass is 19.1. The van der Waals surface area contributed by atoms with Gasteiger partial charge in [0.2, 0.25) is 0 Å². The van der Waals surface area contributed by atoms with Crippen LogP contribution in [0.5, 0.6) is 0 Å². The molecule has 2 aliphatic heterocycles. The van der Waals surface area contributed by atoms with E-state index in [0.29, 0.717) is 56.5 Å². The van der Waals surface area contributed by atoms with Crippen LogP contribution in [0, 0.1) is 5.82 Å². The number of morpholine rings is 1. The van der Waals surface area contributed by atoms with Crippen molar-refractivity contribution in [3.05, 3.63) is 59.4 Å². The van der Waals surface area contributed by atoms with Crippen LogP contribution in [0.3, 0.4) is 0 Å². The van der Waals surface area contributed by atoms with E-state index in [4.69, 9.17) is 9.26 Å². The number of aromatic nitrogens is 3. The summed E-state index contributed by atoms with van der Waals surface area (Å²) in [7, 11) is 0. The average molecular weight is 425 g/mol. The van der Waals surface area contributed by atoms with Crippen LogP contribution in [0.25, 0.3) is 11.3 Å². The number of halogens is 1. The number of rotatable bonds is 4. The van der Waals surface area contributed by atoms with Crippen molar-refractivity contribution in [2.24, 2.45) is 0 Å². The highest BCUT2D eigenvalue weighted by Gasteiger charge is 2.25. The van der Waals surface area contributed by atoms with E-state index in [1.807, 2.05) is 16.8 Å². The minimum atomic E-state index is -0.295. The summed E-state index contributed by atoms with van der Waals surface area (Å²) in [5, 5.41) is 8.64. The van der Waals surface area contributed by atoms with Crippen LogP contribution in [0.15, 0.2) is 40.9 Å². The Bertz CT molecular complexity index is 1070. The van der Waals surface area contributed by atoms with E-state index in [1.165, 1.54) is 12.1 Å². The zero-order valence-electron chi connectivity index (χ0n) is 17.2. The summed E-state index contributed by atoms with van der Waals surface area (Å²) >= 11 is 0. The fourth-order valence-corrected chi connectivity index (χ4v) is 4.05. The molecule has 1 fully saturated rings. The molecule has 1 amide bonds. The van der Waals surface area contributed by atoms with E-state index < -0.39 is 0 Å². The Morgan fingerprint density at radius 1 is 1.10 bits per heavy atom. The summed E-state index contributed by atoms with van der Waals surface area (Å²) in [6, 6.07) is 10.0. The Balaban J connectivity index is 1.30. The van der Waals surface area contributed by atoms with Gasteiger partial charge in [-0.15, -0.1) is 0 Å². The number of benzene rings is 1. The van der Waals surface area contributed by atoms with E-state index in [-0.39, 0.29) is 11.7 Å². The Morgan fingerprint density at radius 2 is 1.97 bits per heavy atom. The van der Waals surface area contributed by atoms with E-state index in [0.717, 1.165) is 30.8 Å². The molecule has 0 N–H and O–H groups in total. The summed E-state index contributed by atoms with van der Waals surface area (Å²) in [4.78, 5) is 17.1. The fraction of sp³-hybridized carbons (Fsp3) is 0.409. The predicted molar refractivity (Wildman–Crippen MR) is 110 cm³/mol. The largest absolute Gasteiger partial charge is 0.379 e. The summed E-state index contributed by atoms with van der Waals surface area (Å²) < 4.78 is 26.3. The predicted octanol–water partition coefficient (Wildman–Crippen LogP) is 2.56. The molecule has 0 atom stereocenters. The van der Waals surface area contributed by atoms with Crippen molar-refractivity contribution in [3.8, 4) is 11.3 Å². The Labute approximate surface area is 179 Å². The second-order valence-electron chi connectivity index (χ2n) is 7.90. The van der Waals surface area contributed by atoms with Gasteiger partial charge in [0.1, 0.15) is 5.82 Å². The van der Waals surface area contributed by atoms with Crippen molar-refractivity contribution in [3.63, 3.8) is 0 Å². The molecule has 2 aromatic heterocycles. The SMILES string of the molecule is O=C(c1cc(CN2CCOCC2)on1)N1CCCn2nc(-c3cccc(F)c3)cc2C1. The lowest BCUT2D eigenvalue weighted by Gasteiger charge is -2.25. The van der Waals surface area contributed by atoms with Gasteiger partial charge in [0, 0.05) is 37.8 Å². The van der Waals surface area contributed by atoms with Gasteiger partial charge in [-0.05, 0) is 24.6 Å². The fourth-order valence-electron chi connectivity index (χ4n) is 4.05. The molecule has 2 aliphatic rings.